The van der Waals surface area contributed by atoms with Gasteiger partial charge in [-0.2, -0.15) is 0 Å². The van der Waals surface area contributed by atoms with E-state index in [2.05, 4.69) is 23.5 Å². The minimum absolute atomic E-state index is 0.0667. The average Bonchev–Trinajstić information content (AvgIpc) is 2.59. The van der Waals surface area contributed by atoms with E-state index < -0.39 is 5.60 Å². The maximum absolute atomic E-state index is 12.4. The number of carbonyl (C=O) groups excluding carboxylic acids is 1. The largest absolute Gasteiger partial charge is 0.496 e. The quantitative estimate of drug-likeness (QED) is 0.903. The number of benzene rings is 2. The summed E-state index contributed by atoms with van der Waals surface area (Å²) in [5.74, 6) is 0.860. The molecule has 2 aromatic carbocycles. The summed E-state index contributed by atoms with van der Waals surface area (Å²) in [6.07, 6.45) is -0.253. The van der Waals surface area contributed by atoms with Crippen LogP contribution >= 0.6 is 0 Å². The van der Waals surface area contributed by atoms with Crippen LogP contribution in [0.2, 0.25) is 0 Å². The van der Waals surface area contributed by atoms with Crippen LogP contribution in [-0.2, 0) is 4.74 Å². The van der Waals surface area contributed by atoms with Crippen LogP contribution in [0.3, 0.4) is 0 Å². The molecule has 1 saturated heterocycles. The normalized spacial score (nSPS) is 18.2. The molecular weight excluding hydrogens is 316 g/mol. The van der Waals surface area contributed by atoms with E-state index in [0.717, 1.165) is 23.1 Å². The first-order chi connectivity index (χ1) is 11.9. The molecule has 1 atom stereocenters. The Hall–Kier alpha value is -2.27. The zero-order valence-electron chi connectivity index (χ0n) is 15.3. The van der Waals surface area contributed by atoms with E-state index in [9.17, 15) is 4.79 Å². The first-order valence-electron chi connectivity index (χ1n) is 8.66. The summed E-state index contributed by atoms with van der Waals surface area (Å²) in [5, 5.41) is 5.75. The second-order valence-electron chi connectivity index (χ2n) is 7.34. The van der Waals surface area contributed by atoms with Crippen molar-refractivity contribution in [3.63, 3.8) is 0 Å². The molecule has 1 aliphatic heterocycles. The standard InChI is InChI=1S/C20H26N2O3/c1-20(2,3)25-19(23)22-12-11-21-17(13-22)15-9-10-18(24-4)16-8-6-5-7-14(15)16/h5-10,17,21H,11-13H2,1-4H3. The van der Waals surface area contributed by atoms with Gasteiger partial charge in [0.05, 0.1) is 13.2 Å². The summed E-state index contributed by atoms with van der Waals surface area (Å²) in [6.45, 7) is 7.65. The van der Waals surface area contributed by atoms with Crippen molar-refractivity contribution in [3.8, 4) is 5.75 Å². The number of nitrogens with one attached hydrogen (secondary N) is 1. The molecule has 5 heteroatoms. The van der Waals surface area contributed by atoms with Crippen molar-refractivity contribution in [1.82, 2.24) is 10.2 Å². The summed E-state index contributed by atoms with van der Waals surface area (Å²) in [4.78, 5) is 14.2. The Morgan fingerprint density at radius 3 is 2.56 bits per heavy atom. The molecule has 0 aliphatic carbocycles. The number of ether oxygens (including phenoxy) is 2. The van der Waals surface area contributed by atoms with Crippen molar-refractivity contribution in [2.45, 2.75) is 32.4 Å². The van der Waals surface area contributed by atoms with E-state index in [1.165, 1.54) is 5.56 Å². The minimum Gasteiger partial charge on any atom is -0.496 e. The van der Waals surface area contributed by atoms with Gasteiger partial charge in [-0.25, -0.2) is 4.79 Å². The topological polar surface area (TPSA) is 50.8 Å². The summed E-state index contributed by atoms with van der Waals surface area (Å²) < 4.78 is 11.0. The van der Waals surface area contributed by atoms with Gasteiger partial charge in [0, 0.05) is 25.0 Å². The third kappa shape index (κ3) is 3.87. The second-order valence-corrected chi connectivity index (χ2v) is 7.34. The molecule has 2 aromatic rings. The number of hydrogen-bond donors (Lipinski definition) is 1. The zero-order valence-corrected chi connectivity index (χ0v) is 15.3. The van der Waals surface area contributed by atoms with Crippen molar-refractivity contribution >= 4 is 16.9 Å². The number of hydrogen-bond acceptors (Lipinski definition) is 4. The number of rotatable bonds is 2. The van der Waals surface area contributed by atoms with Gasteiger partial charge in [-0.05, 0) is 37.8 Å². The third-order valence-corrected chi connectivity index (χ3v) is 4.34. The number of carbonyl (C=O) groups is 1. The summed E-state index contributed by atoms with van der Waals surface area (Å²) in [7, 11) is 1.69. The molecule has 1 unspecified atom stereocenters. The van der Waals surface area contributed by atoms with Gasteiger partial charge in [0.25, 0.3) is 0 Å². The lowest BCUT2D eigenvalue weighted by Crippen LogP contribution is -2.49. The third-order valence-electron chi connectivity index (χ3n) is 4.34. The van der Waals surface area contributed by atoms with E-state index in [-0.39, 0.29) is 12.1 Å². The van der Waals surface area contributed by atoms with E-state index in [4.69, 9.17) is 9.47 Å². The van der Waals surface area contributed by atoms with Crippen LogP contribution < -0.4 is 10.1 Å². The number of methoxy groups -OCH3 is 1. The lowest BCUT2D eigenvalue weighted by Gasteiger charge is -2.35. The Morgan fingerprint density at radius 2 is 1.88 bits per heavy atom. The Bertz CT molecular complexity index is 767. The van der Waals surface area contributed by atoms with Crippen LogP contribution in [0, 0.1) is 0 Å². The highest BCUT2D eigenvalue weighted by Gasteiger charge is 2.28. The molecule has 0 spiro atoms. The van der Waals surface area contributed by atoms with Gasteiger partial charge >= 0.3 is 6.09 Å². The molecule has 25 heavy (non-hydrogen) atoms. The highest BCUT2D eigenvalue weighted by atomic mass is 16.6. The molecule has 3 rings (SSSR count). The Morgan fingerprint density at radius 1 is 1.16 bits per heavy atom. The molecule has 1 heterocycles. The monoisotopic (exact) mass is 342 g/mol. The summed E-state index contributed by atoms with van der Waals surface area (Å²) in [6, 6.07) is 12.3. The molecular formula is C20H26N2O3. The van der Waals surface area contributed by atoms with Gasteiger partial charge in [-0.15, -0.1) is 0 Å². The smallest absolute Gasteiger partial charge is 0.410 e. The molecule has 5 nitrogen and oxygen atoms in total. The predicted molar refractivity (Wildman–Crippen MR) is 99.1 cm³/mol. The van der Waals surface area contributed by atoms with E-state index in [0.29, 0.717) is 13.1 Å². The average molecular weight is 342 g/mol. The summed E-state index contributed by atoms with van der Waals surface area (Å²) >= 11 is 0. The van der Waals surface area contributed by atoms with Crippen molar-refractivity contribution in [1.29, 1.82) is 0 Å². The minimum atomic E-state index is -0.482. The highest BCUT2D eigenvalue weighted by Crippen LogP contribution is 2.32. The number of amides is 1. The second kappa shape index (κ2) is 6.92. The van der Waals surface area contributed by atoms with Crippen molar-refractivity contribution < 1.29 is 14.3 Å². The summed E-state index contributed by atoms with van der Waals surface area (Å²) in [5.41, 5.74) is 0.689. The maximum atomic E-state index is 12.4. The molecule has 0 saturated carbocycles. The van der Waals surface area contributed by atoms with Crippen LogP contribution in [0.25, 0.3) is 10.8 Å². The maximum Gasteiger partial charge on any atom is 0.410 e. The van der Waals surface area contributed by atoms with Crippen LogP contribution in [0.5, 0.6) is 5.75 Å². The molecule has 0 radical (unpaired) electrons. The first-order valence-corrected chi connectivity index (χ1v) is 8.66. The van der Waals surface area contributed by atoms with E-state index in [1.807, 2.05) is 39.0 Å². The van der Waals surface area contributed by atoms with Crippen LogP contribution in [-0.4, -0.2) is 43.3 Å². The SMILES string of the molecule is COc1ccc(C2CN(C(=O)OC(C)(C)C)CCN2)c2ccccc12. The molecule has 1 aliphatic rings. The van der Waals surface area contributed by atoms with Crippen molar-refractivity contribution in [3.05, 3.63) is 42.0 Å². The molecule has 134 valence electrons. The predicted octanol–water partition coefficient (Wildman–Crippen LogP) is 3.73. The van der Waals surface area contributed by atoms with Crippen molar-refractivity contribution in [2.75, 3.05) is 26.7 Å². The molecule has 1 fully saturated rings. The fourth-order valence-corrected chi connectivity index (χ4v) is 3.23. The van der Waals surface area contributed by atoms with E-state index in [1.54, 1.807) is 12.0 Å². The number of nitrogens with zero attached hydrogens (tertiary/aromatic N) is 1. The van der Waals surface area contributed by atoms with Gasteiger partial charge in [-0.1, -0.05) is 30.3 Å². The van der Waals surface area contributed by atoms with Crippen molar-refractivity contribution in [2.24, 2.45) is 0 Å². The van der Waals surface area contributed by atoms with Gasteiger partial charge in [0.15, 0.2) is 0 Å². The van der Waals surface area contributed by atoms with Gasteiger partial charge in [0.2, 0.25) is 0 Å². The molecule has 0 bridgehead atoms. The van der Waals surface area contributed by atoms with Gasteiger partial charge in [-0.3, -0.25) is 0 Å². The number of piperazine rings is 1. The van der Waals surface area contributed by atoms with Crippen LogP contribution in [0.15, 0.2) is 36.4 Å². The highest BCUT2D eigenvalue weighted by molar-refractivity contribution is 5.91. The Kier molecular flexibility index (Phi) is 4.86. The fourth-order valence-electron chi connectivity index (χ4n) is 3.23. The fraction of sp³-hybridized carbons (Fsp3) is 0.450. The molecule has 1 amide bonds. The first kappa shape index (κ1) is 17.5. The molecule has 1 N–H and O–H groups in total. The Balaban J connectivity index is 1.87. The number of fused-ring (bicyclic) bond motifs is 1. The van der Waals surface area contributed by atoms with E-state index >= 15 is 0 Å². The van der Waals surface area contributed by atoms with Gasteiger partial charge in [0.1, 0.15) is 11.4 Å². The Labute approximate surface area is 148 Å². The van der Waals surface area contributed by atoms with Crippen LogP contribution in [0.4, 0.5) is 4.79 Å². The lowest BCUT2D eigenvalue weighted by molar-refractivity contribution is 0.0195. The van der Waals surface area contributed by atoms with Crippen LogP contribution in [0.1, 0.15) is 32.4 Å². The van der Waals surface area contributed by atoms with Gasteiger partial charge < -0.3 is 19.7 Å². The lowest BCUT2D eigenvalue weighted by atomic mass is 9.96. The molecule has 0 aromatic heterocycles. The zero-order chi connectivity index (χ0) is 18.0.